The van der Waals surface area contributed by atoms with Gasteiger partial charge >= 0.3 is 0 Å². The first-order chi connectivity index (χ1) is 15.7. The lowest BCUT2D eigenvalue weighted by molar-refractivity contribution is -0.0843. The summed E-state index contributed by atoms with van der Waals surface area (Å²) in [6.45, 7) is 15.7. The van der Waals surface area contributed by atoms with E-state index >= 15 is 0 Å². The van der Waals surface area contributed by atoms with Crippen molar-refractivity contribution in [2.45, 2.75) is 136 Å². The fraction of sp³-hybridized carbons (Fsp3) is 0.935. The van der Waals surface area contributed by atoms with E-state index in [0.717, 1.165) is 55.3 Å². The Labute approximate surface area is 210 Å². The van der Waals surface area contributed by atoms with Crippen LogP contribution in [0.4, 0.5) is 0 Å². The van der Waals surface area contributed by atoms with Crippen LogP contribution in [-0.2, 0) is 4.74 Å². The van der Waals surface area contributed by atoms with Gasteiger partial charge in [-0.25, -0.2) is 0 Å². The molecule has 0 heterocycles. The molecule has 3 heteroatoms. The predicted molar refractivity (Wildman–Crippen MR) is 141 cm³/mol. The van der Waals surface area contributed by atoms with Gasteiger partial charge in [-0.1, -0.05) is 45.3 Å². The van der Waals surface area contributed by atoms with Crippen LogP contribution in [0.15, 0.2) is 11.6 Å². The topological polar surface area (TPSA) is 49.7 Å². The van der Waals surface area contributed by atoms with Crippen molar-refractivity contribution >= 4 is 0 Å². The van der Waals surface area contributed by atoms with Gasteiger partial charge < -0.3 is 14.9 Å². The third kappa shape index (κ3) is 5.32. The van der Waals surface area contributed by atoms with Crippen LogP contribution in [0.5, 0.6) is 0 Å². The zero-order valence-electron chi connectivity index (χ0n) is 23.3. The molecule has 0 unspecified atom stereocenters. The fourth-order valence-electron chi connectivity index (χ4n) is 9.12. The van der Waals surface area contributed by atoms with E-state index in [1.165, 1.54) is 44.9 Å². The summed E-state index contributed by atoms with van der Waals surface area (Å²) < 4.78 is 6.15. The van der Waals surface area contributed by atoms with Crippen LogP contribution in [0.1, 0.15) is 119 Å². The molecule has 3 nitrogen and oxygen atoms in total. The lowest BCUT2D eigenvalue weighted by Gasteiger charge is -2.58. The van der Waals surface area contributed by atoms with Crippen LogP contribution in [0.3, 0.4) is 0 Å². The molecule has 0 aromatic heterocycles. The highest BCUT2D eigenvalue weighted by molar-refractivity contribution is 5.25. The maximum Gasteiger partial charge on any atom is 0.0824 e. The Balaban J connectivity index is 1.42. The summed E-state index contributed by atoms with van der Waals surface area (Å²) in [5.74, 6) is 4.19. The summed E-state index contributed by atoms with van der Waals surface area (Å²) >= 11 is 0. The molecule has 3 fully saturated rings. The minimum atomic E-state index is -0.745. The third-order valence-electron chi connectivity index (χ3n) is 10.9. The Hall–Kier alpha value is -0.380. The zero-order chi connectivity index (χ0) is 24.9. The number of hydrogen-bond acceptors (Lipinski definition) is 3. The van der Waals surface area contributed by atoms with Gasteiger partial charge in [0.2, 0.25) is 0 Å². The Morgan fingerprint density at radius 1 is 1.00 bits per heavy atom. The van der Waals surface area contributed by atoms with Crippen LogP contribution >= 0.6 is 0 Å². The molecule has 0 aliphatic heterocycles. The van der Waals surface area contributed by atoms with Gasteiger partial charge in [0.05, 0.1) is 23.9 Å². The van der Waals surface area contributed by atoms with Gasteiger partial charge in [-0.15, -0.1) is 0 Å². The van der Waals surface area contributed by atoms with Crippen LogP contribution < -0.4 is 0 Å². The van der Waals surface area contributed by atoms with E-state index < -0.39 is 11.2 Å². The first-order valence-corrected chi connectivity index (χ1v) is 14.5. The van der Waals surface area contributed by atoms with Gasteiger partial charge in [-0.2, -0.15) is 0 Å². The smallest absolute Gasteiger partial charge is 0.0824 e. The van der Waals surface area contributed by atoms with E-state index in [4.69, 9.17) is 4.74 Å². The quantitative estimate of drug-likeness (QED) is 0.363. The van der Waals surface area contributed by atoms with Gasteiger partial charge in [-0.3, -0.25) is 0 Å². The first kappa shape index (κ1) is 26.7. The monoisotopic (exact) mass is 474 g/mol. The standard InChI is InChI=1S/C31H54O3/c1-21(9-8-16-28(2,3)32)25-12-13-26-24-11-10-22-19-23(34-20-29(4,5)33)14-17-30(22,6)27(24)15-18-31(25,26)7/h10,21,23-27,32-33H,8-9,11-20H2,1-7H3/t21-,23+,24+,25-,26+,27+,30+,31-/m1/s1. The zero-order valence-corrected chi connectivity index (χ0v) is 23.3. The van der Waals surface area contributed by atoms with Crippen LogP contribution in [0.2, 0.25) is 0 Å². The Bertz CT molecular complexity index is 743. The Morgan fingerprint density at radius 2 is 1.74 bits per heavy atom. The molecule has 0 aromatic rings. The van der Waals surface area contributed by atoms with Crippen LogP contribution in [0.25, 0.3) is 0 Å². The van der Waals surface area contributed by atoms with Crippen molar-refractivity contribution in [3.8, 4) is 0 Å². The van der Waals surface area contributed by atoms with Gasteiger partial charge in [0, 0.05) is 0 Å². The summed E-state index contributed by atoms with van der Waals surface area (Å²) in [5, 5.41) is 20.2. The highest BCUT2D eigenvalue weighted by Gasteiger charge is 2.59. The Morgan fingerprint density at radius 3 is 2.41 bits per heavy atom. The number of rotatable bonds is 8. The molecule has 4 aliphatic rings. The van der Waals surface area contributed by atoms with E-state index in [1.54, 1.807) is 5.57 Å². The molecule has 3 saturated carbocycles. The second-order valence-corrected chi connectivity index (χ2v) is 14.7. The summed E-state index contributed by atoms with van der Waals surface area (Å²) in [4.78, 5) is 0. The average molecular weight is 475 g/mol. The SMILES string of the molecule is C[C@H](CCCC(C)(C)O)[C@H]1CC[C@H]2[C@@H]3CC=C4C[C@@H](OCC(C)(C)O)CC[C@]4(C)[C@H]3CC[C@]12C. The first-order valence-electron chi connectivity index (χ1n) is 14.5. The van der Waals surface area contributed by atoms with Gasteiger partial charge in [0.25, 0.3) is 0 Å². The molecular formula is C31H54O3. The molecule has 0 amide bonds. The predicted octanol–water partition coefficient (Wildman–Crippen LogP) is 7.30. The molecule has 0 spiro atoms. The van der Waals surface area contributed by atoms with Crippen molar-refractivity contribution in [2.24, 2.45) is 40.4 Å². The van der Waals surface area contributed by atoms with Crippen molar-refractivity contribution in [1.29, 1.82) is 0 Å². The maximum atomic E-state index is 10.1. The second kappa shape index (κ2) is 9.49. The number of hydrogen-bond donors (Lipinski definition) is 2. The molecular weight excluding hydrogens is 420 g/mol. The molecule has 4 rings (SSSR count). The van der Waals surface area contributed by atoms with Gasteiger partial charge in [0.1, 0.15) is 0 Å². The van der Waals surface area contributed by atoms with Crippen molar-refractivity contribution in [2.75, 3.05) is 6.61 Å². The lowest BCUT2D eigenvalue weighted by atomic mass is 9.47. The minimum Gasteiger partial charge on any atom is -0.390 e. The number of fused-ring (bicyclic) bond motifs is 5. The van der Waals surface area contributed by atoms with E-state index in [2.05, 4.69) is 26.8 Å². The average Bonchev–Trinajstić information content (AvgIpc) is 3.08. The van der Waals surface area contributed by atoms with E-state index in [-0.39, 0.29) is 6.10 Å². The molecule has 4 aliphatic carbocycles. The molecule has 0 radical (unpaired) electrons. The highest BCUT2D eigenvalue weighted by Crippen LogP contribution is 2.67. The molecule has 0 saturated heterocycles. The lowest BCUT2D eigenvalue weighted by Crippen LogP contribution is -2.51. The second-order valence-electron chi connectivity index (χ2n) is 14.7. The summed E-state index contributed by atoms with van der Waals surface area (Å²) in [5.41, 5.74) is 1.25. The summed E-state index contributed by atoms with van der Waals surface area (Å²) in [7, 11) is 0. The molecule has 0 bridgehead atoms. The largest absolute Gasteiger partial charge is 0.390 e. The van der Waals surface area contributed by atoms with Gasteiger partial charge in [0.15, 0.2) is 0 Å². The highest BCUT2D eigenvalue weighted by atomic mass is 16.5. The molecule has 0 aromatic carbocycles. The normalized spacial score (nSPS) is 41.3. The van der Waals surface area contributed by atoms with Crippen LogP contribution in [0, 0.1) is 40.4 Å². The number of aliphatic hydroxyl groups is 2. The number of allylic oxidation sites excluding steroid dienone is 1. The molecule has 2 N–H and O–H groups in total. The molecule has 8 atom stereocenters. The van der Waals surface area contributed by atoms with E-state index in [1.807, 2.05) is 27.7 Å². The third-order valence-corrected chi connectivity index (χ3v) is 10.9. The Kier molecular flexibility index (Phi) is 7.45. The van der Waals surface area contributed by atoms with E-state index in [9.17, 15) is 10.2 Å². The molecule has 34 heavy (non-hydrogen) atoms. The number of ether oxygens (including phenoxy) is 1. The van der Waals surface area contributed by atoms with Crippen molar-refractivity contribution in [1.82, 2.24) is 0 Å². The van der Waals surface area contributed by atoms with Crippen molar-refractivity contribution < 1.29 is 14.9 Å². The summed E-state index contributed by atoms with van der Waals surface area (Å²) in [6.07, 6.45) is 16.6. The maximum absolute atomic E-state index is 10.1. The van der Waals surface area contributed by atoms with Gasteiger partial charge in [-0.05, 0) is 126 Å². The van der Waals surface area contributed by atoms with Crippen molar-refractivity contribution in [3.63, 3.8) is 0 Å². The fourth-order valence-corrected chi connectivity index (χ4v) is 9.12. The van der Waals surface area contributed by atoms with Crippen LogP contribution in [-0.4, -0.2) is 34.1 Å². The summed E-state index contributed by atoms with van der Waals surface area (Å²) in [6, 6.07) is 0. The minimum absolute atomic E-state index is 0.275. The van der Waals surface area contributed by atoms with E-state index in [0.29, 0.717) is 17.4 Å². The van der Waals surface area contributed by atoms with Crippen molar-refractivity contribution in [3.05, 3.63) is 11.6 Å². The molecule has 196 valence electrons.